The van der Waals surface area contributed by atoms with Gasteiger partial charge in [0.25, 0.3) is 5.91 Å². The van der Waals surface area contributed by atoms with Crippen LogP contribution in [0.25, 0.3) is 0 Å². The number of rotatable bonds is 7. The SMILES string of the molecule is CCN(CC)CCN1C(=O)C(O)C(c2ccc(OC)cc2)Sc2cc(Cl)ccc21. The van der Waals surface area contributed by atoms with Crippen molar-refractivity contribution in [2.45, 2.75) is 30.1 Å². The van der Waals surface area contributed by atoms with Gasteiger partial charge in [-0.15, -0.1) is 11.8 Å². The lowest BCUT2D eigenvalue weighted by molar-refractivity contribution is -0.126. The number of carbonyl (C=O) groups excluding carboxylic acids is 1. The van der Waals surface area contributed by atoms with Crippen molar-refractivity contribution < 1.29 is 14.6 Å². The number of carbonyl (C=O) groups is 1. The molecule has 5 nitrogen and oxygen atoms in total. The minimum absolute atomic E-state index is 0.286. The first-order valence-corrected chi connectivity index (χ1v) is 11.1. The molecule has 0 aromatic heterocycles. The molecule has 1 amide bonds. The first-order chi connectivity index (χ1) is 14.0. The van der Waals surface area contributed by atoms with Gasteiger partial charge in [0.05, 0.1) is 18.0 Å². The summed E-state index contributed by atoms with van der Waals surface area (Å²) >= 11 is 7.72. The molecular formula is C22H27ClN2O3S. The van der Waals surface area contributed by atoms with Crippen molar-refractivity contribution in [1.82, 2.24) is 4.90 Å². The maximum absolute atomic E-state index is 13.3. The highest BCUT2D eigenvalue weighted by atomic mass is 35.5. The molecule has 1 aliphatic rings. The van der Waals surface area contributed by atoms with Crippen LogP contribution in [0.2, 0.25) is 5.02 Å². The molecule has 0 fully saturated rings. The average molecular weight is 435 g/mol. The van der Waals surface area contributed by atoms with Crippen molar-refractivity contribution in [3.63, 3.8) is 0 Å². The molecule has 0 saturated carbocycles. The van der Waals surface area contributed by atoms with Crippen molar-refractivity contribution in [3.8, 4) is 5.75 Å². The van der Waals surface area contributed by atoms with Crippen LogP contribution < -0.4 is 9.64 Å². The molecule has 0 bridgehead atoms. The van der Waals surface area contributed by atoms with E-state index in [1.165, 1.54) is 11.8 Å². The number of halogens is 1. The Balaban J connectivity index is 1.96. The summed E-state index contributed by atoms with van der Waals surface area (Å²) < 4.78 is 5.23. The number of nitrogens with zero attached hydrogens (tertiary/aromatic N) is 2. The molecule has 3 rings (SSSR count). The van der Waals surface area contributed by atoms with Gasteiger partial charge in [-0.2, -0.15) is 0 Å². The van der Waals surface area contributed by atoms with Crippen LogP contribution in [-0.4, -0.2) is 55.3 Å². The van der Waals surface area contributed by atoms with Crippen molar-refractivity contribution in [2.75, 3.05) is 38.2 Å². The van der Waals surface area contributed by atoms with Crippen molar-refractivity contribution in [2.24, 2.45) is 0 Å². The Labute approximate surface area is 181 Å². The largest absolute Gasteiger partial charge is 0.497 e. The lowest BCUT2D eigenvalue weighted by atomic mass is 10.1. The zero-order chi connectivity index (χ0) is 21.0. The van der Waals surface area contributed by atoms with Crippen molar-refractivity contribution >= 4 is 35.0 Å². The van der Waals surface area contributed by atoms with E-state index in [-0.39, 0.29) is 5.91 Å². The molecule has 7 heteroatoms. The maximum atomic E-state index is 13.3. The molecule has 0 saturated heterocycles. The predicted octanol–water partition coefficient (Wildman–Crippen LogP) is 4.23. The molecule has 0 spiro atoms. The van der Waals surface area contributed by atoms with E-state index >= 15 is 0 Å². The fraction of sp³-hybridized carbons (Fsp3) is 0.409. The number of ether oxygens (including phenoxy) is 1. The number of amides is 1. The van der Waals surface area contributed by atoms with E-state index in [1.54, 1.807) is 18.1 Å². The second kappa shape index (κ2) is 9.85. The summed E-state index contributed by atoms with van der Waals surface area (Å²) in [6.07, 6.45) is -1.16. The van der Waals surface area contributed by atoms with Gasteiger partial charge in [0.1, 0.15) is 11.9 Å². The van der Waals surface area contributed by atoms with Gasteiger partial charge in [0.15, 0.2) is 0 Å². The van der Waals surface area contributed by atoms with Crippen LogP contribution in [0.4, 0.5) is 5.69 Å². The van der Waals surface area contributed by atoms with Crippen molar-refractivity contribution in [3.05, 3.63) is 53.1 Å². The molecule has 29 heavy (non-hydrogen) atoms. The molecular weight excluding hydrogens is 408 g/mol. The maximum Gasteiger partial charge on any atom is 0.257 e. The number of fused-ring (bicyclic) bond motifs is 1. The Morgan fingerprint density at radius 1 is 1.17 bits per heavy atom. The quantitative estimate of drug-likeness (QED) is 0.706. The topological polar surface area (TPSA) is 53.0 Å². The second-order valence-electron chi connectivity index (χ2n) is 6.89. The summed E-state index contributed by atoms with van der Waals surface area (Å²) in [5, 5.41) is 11.2. The Kier molecular flexibility index (Phi) is 7.46. The van der Waals surface area contributed by atoms with Crippen LogP contribution in [0.15, 0.2) is 47.4 Å². The van der Waals surface area contributed by atoms with Gasteiger partial charge >= 0.3 is 0 Å². The van der Waals surface area contributed by atoms with E-state index in [1.807, 2.05) is 36.4 Å². The highest BCUT2D eigenvalue weighted by Gasteiger charge is 2.37. The third kappa shape index (κ3) is 4.89. The van der Waals surface area contributed by atoms with Crippen molar-refractivity contribution in [1.29, 1.82) is 0 Å². The third-order valence-electron chi connectivity index (χ3n) is 5.25. The molecule has 1 heterocycles. The van der Waals surface area contributed by atoms with Gasteiger partial charge in [-0.1, -0.05) is 37.6 Å². The van der Waals surface area contributed by atoms with Gasteiger partial charge in [-0.05, 0) is 49.0 Å². The zero-order valence-corrected chi connectivity index (χ0v) is 18.5. The summed E-state index contributed by atoms with van der Waals surface area (Å²) in [5.41, 5.74) is 1.67. The molecule has 2 aromatic carbocycles. The third-order valence-corrected chi connectivity index (χ3v) is 6.85. The monoisotopic (exact) mass is 434 g/mol. The minimum atomic E-state index is -1.16. The number of likely N-dealkylation sites (N-methyl/N-ethyl adjacent to an activating group) is 1. The van der Waals surface area contributed by atoms with Crippen LogP contribution in [0.1, 0.15) is 24.7 Å². The minimum Gasteiger partial charge on any atom is -0.497 e. The predicted molar refractivity (Wildman–Crippen MR) is 119 cm³/mol. The highest BCUT2D eigenvalue weighted by Crippen LogP contribution is 2.46. The fourth-order valence-electron chi connectivity index (χ4n) is 3.47. The lowest BCUT2D eigenvalue weighted by Gasteiger charge is -2.28. The number of hydrogen-bond acceptors (Lipinski definition) is 5. The summed E-state index contributed by atoms with van der Waals surface area (Å²) in [6, 6.07) is 13.0. The molecule has 0 aliphatic carbocycles. The molecule has 1 aliphatic heterocycles. The summed E-state index contributed by atoms with van der Waals surface area (Å²) in [7, 11) is 1.61. The Bertz CT molecular complexity index is 842. The highest BCUT2D eigenvalue weighted by molar-refractivity contribution is 7.99. The van der Waals surface area contributed by atoms with Gasteiger partial charge in [0.2, 0.25) is 0 Å². The van der Waals surface area contributed by atoms with Crippen LogP contribution >= 0.6 is 23.4 Å². The molecule has 0 radical (unpaired) electrons. The van der Waals surface area contributed by atoms with Crippen LogP contribution in [0.5, 0.6) is 5.75 Å². The number of aliphatic hydroxyl groups is 1. The smallest absolute Gasteiger partial charge is 0.257 e. The first kappa shape index (κ1) is 22.0. The Morgan fingerprint density at radius 3 is 2.48 bits per heavy atom. The number of thioether (sulfide) groups is 1. The number of methoxy groups -OCH3 is 1. The summed E-state index contributed by atoms with van der Waals surface area (Å²) in [5.74, 6) is 0.448. The van der Waals surface area contributed by atoms with Crippen LogP contribution in [0, 0.1) is 0 Å². The van der Waals surface area contributed by atoms with E-state index < -0.39 is 11.4 Å². The second-order valence-corrected chi connectivity index (χ2v) is 8.51. The van der Waals surface area contributed by atoms with E-state index in [9.17, 15) is 9.90 Å². The molecule has 2 aromatic rings. The van der Waals surface area contributed by atoms with E-state index in [2.05, 4.69) is 18.7 Å². The first-order valence-electron chi connectivity index (χ1n) is 9.80. The molecule has 2 atom stereocenters. The standard InChI is InChI=1S/C22H27ClN2O3S/c1-4-24(5-2)12-13-25-18-11-8-16(23)14-19(18)29-21(20(26)22(25)27)15-6-9-17(28-3)10-7-15/h6-11,14,20-21,26H,4-5,12-13H2,1-3H3. The van der Waals surface area contributed by atoms with Gasteiger partial charge in [-0.25, -0.2) is 0 Å². The summed E-state index contributed by atoms with van der Waals surface area (Å²) in [6.45, 7) is 7.29. The Morgan fingerprint density at radius 2 is 1.86 bits per heavy atom. The Hall–Kier alpha value is -1.73. The normalized spacial score (nSPS) is 19.2. The number of anilines is 1. The zero-order valence-electron chi connectivity index (χ0n) is 17.0. The lowest BCUT2D eigenvalue weighted by Crippen LogP contribution is -2.44. The number of hydrogen-bond donors (Lipinski definition) is 1. The van der Waals surface area contributed by atoms with Gasteiger partial charge < -0.3 is 19.6 Å². The molecule has 2 unspecified atom stereocenters. The number of benzene rings is 2. The molecule has 1 N–H and O–H groups in total. The van der Waals surface area contributed by atoms with E-state index in [0.29, 0.717) is 11.6 Å². The number of aliphatic hydroxyl groups excluding tert-OH is 1. The summed E-state index contributed by atoms with van der Waals surface area (Å²) in [4.78, 5) is 18.1. The average Bonchev–Trinajstić information content (AvgIpc) is 2.84. The van der Waals surface area contributed by atoms with Gasteiger partial charge in [-0.3, -0.25) is 4.79 Å². The van der Waals surface area contributed by atoms with E-state index in [4.69, 9.17) is 16.3 Å². The van der Waals surface area contributed by atoms with Crippen LogP contribution in [-0.2, 0) is 4.79 Å². The van der Waals surface area contributed by atoms with Crippen LogP contribution in [0.3, 0.4) is 0 Å². The molecule has 156 valence electrons. The van der Waals surface area contributed by atoms with E-state index in [0.717, 1.165) is 41.5 Å². The fourth-order valence-corrected chi connectivity index (χ4v) is 5.01. The van der Waals surface area contributed by atoms with Gasteiger partial charge in [0, 0.05) is 23.0 Å².